The first-order valence-electron chi connectivity index (χ1n) is 6.01. The van der Waals surface area contributed by atoms with Gasteiger partial charge in [0, 0.05) is 19.7 Å². The summed E-state index contributed by atoms with van der Waals surface area (Å²) in [7, 11) is 3.55. The Bertz CT molecular complexity index is 612. The topological polar surface area (TPSA) is 39.8 Å². The standard InChI is InChI=1S/C14H19N3O/c1-14(2,3)11-8-6-10(7-9-11)12-15-13(18)17(5)16(12)4/h6-9H,1-5H3. The van der Waals surface area contributed by atoms with Crippen molar-refractivity contribution in [2.75, 3.05) is 0 Å². The molecule has 4 nitrogen and oxygen atoms in total. The fraction of sp³-hybridized carbons (Fsp3) is 0.429. The summed E-state index contributed by atoms with van der Waals surface area (Å²) < 4.78 is 3.25. The molecular formula is C14H19N3O. The van der Waals surface area contributed by atoms with Gasteiger partial charge in [0.2, 0.25) is 0 Å². The molecule has 4 heteroatoms. The number of aromatic nitrogens is 3. The molecule has 1 heterocycles. The van der Waals surface area contributed by atoms with E-state index in [2.05, 4.69) is 37.9 Å². The lowest BCUT2D eigenvalue weighted by molar-refractivity contribution is 0.583. The maximum Gasteiger partial charge on any atom is 0.364 e. The Hall–Kier alpha value is -1.84. The van der Waals surface area contributed by atoms with Crippen LogP contribution in [0, 0.1) is 0 Å². The van der Waals surface area contributed by atoms with Crippen LogP contribution >= 0.6 is 0 Å². The van der Waals surface area contributed by atoms with Crippen molar-refractivity contribution in [2.24, 2.45) is 14.1 Å². The van der Waals surface area contributed by atoms with E-state index in [0.717, 1.165) is 5.56 Å². The van der Waals surface area contributed by atoms with E-state index in [1.807, 2.05) is 19.2 Å². The van der Waals surface area contributed by atoms with Crippen molar-refractivity contribution in [2.45, 2.75) is 26.2 Å². The van der Waals surface area contributed by atoms with Crippen molar-refractivity contribution in [1.82, 2.24) is 14.3 Å². The first-order chi connectivity index (χ1) is 8.30. The molecule has 0 unspecified atom stereocenters. The Kier molecular flexibility index (Phi) is 2.89. The molecule has 2 rings (SSSR count). The molecule has 18 heavy (non-hydrogen) atoms. The Balaban J connectivity index is 2.47. The SMILES string of the molecule is Cn1c(-c2ccc(C(C)(C)C)cc2)nc(=O)n1C. The second-order valence-corrected chi connectivity index (χ2v) is 5.59. The molecule has 1 aromatic heterocycles. The maximum absolute atomic E-state index is 11.5. The van der Waals surface area contributed by atoms with Gasteiger partial charge in [0.1, 0.15) is 0 Å². The Morgan fingerprint density at radius 3 is 1.94 bits per heavy atom. The van der Waals surface area contributed by atoms with E-state index in [1.165, 1.54) is 10.2 Å². The zero-order valence-electron chi connectivity index (χ0n) is 11.6. The smallest absolute Gasteiger partial charge is 0.267 e. The van der Waals surface area contributed by atoms with Crippen LogP contribution in [0.1, 0.15) is 26.3 Å². The van der Waals surface area contributed by atoms with Gasteiger partial charge in [0.15, 0.2) is 5.82 Å². The van der Waals surface area contributed by atoms with Gasteiger partial charge in [-0.1, -0.05) is 45.0 Å². The van der Waals surface area contributed by atoms with Crippen LogP contribution in [0.2, 0.25) is 0 Å². The van der Waals surface area contributed by atoms with E-state index in [0.29, 0.717) is 5.82 Å². The molecular weight excluding hydrogens is 226 g/mol. The maximum atomic E-state index is 11.5. The molecule has 96 valence electrons. The minimum atomic E-state index is -0.229. The predicted molar refractivity (Wildman–Crippen MR) is 72.6 cm³/mol. The van der Waals surface area contributed by atoms with Crippen molar-refractivity contribution in [3.63, 3.8) is 0 Å². The van der Waals surface area contributed by atoms with Crippen molar-refractivity contribution in [3.8, 4) is 11.4 Å². The summed E-state index contributed by atoms with van der Waals surface area (Å²) in [5.74, 6) is 0.697. The highest BCUT2D eigenvalue weighted by Crippen LogP contribution is 2.24. The van der Waals surface area contributed by atoms with Gasteiger partial charge in [0.05, 0.1) is 0 Å². The van der Waals surface area contributed by atoms with Gasteiger partial charge in [-0.15, -0.1) is 0 Å². The fourth-order valence-electron chi connectivity index (χ4n) is 1.88. The van der Waals surface area contributed by atoms with Crippen molar-refractivity contribution < 1.29 is 0 Å². The van der Waals surface area contributed by atoms with Crippen LogP contribution < -0.4 is 5.69 Å². The van der Waals surface area contributed by atoms with Crippen LogP contribution in [0.5, 0.6) is 0 Å². The van der Waals surface area contributed by atoms with Gasteiger partial charge in [-0.2, -0.15) is 4.98 Å². The van der Waals surface area contributed by atoms with E-state index in [1.54, 1.807) is 11.7 Å². The first-order valence-corrected chi connectivity index (χ1v) is 6.01. The summed E-state index contributed by atoms with van der Waals surface area (Å²) in [5, 5.41) is 0. The summed E-state index contributed by atoms with van der Waals surface area (Å²) in [6.45, 7) is 6.54. The minimum absolute atomic E-state index is 0.133. The zero-order valence-corrected chi connectivity index (χ0v) is 11.6. The molecule has 0 aliphatic carbocycles. The average Bonchev–Trinajstić information content (AvgIpc) is 2.56. The lowest BCUT2D eigenvalue weighted by Crippen LogP contribution is -2.17. The summed E-state index contributed by atoms with van der Waals surface area (Å²) in [4.78, 5) is 15.5. The monoisotopic (exact) mass is 245 g/mol. The molecule has 0 N–H and O–H groups in total. The molecule has 0 bridgehead atoms. The summed E-state index contributed by atoms with van der Waals surface area (Å²) >= 11 is 0. The Labute approximate surface area is 107 Å². The van der Waals surface area contributed by atoms with Gasteiger partial charge < -0.3 is 0 Å². The molecule has 0 atom stereocenters. The van der Waals surface area contributed by atoms with E-state index in [4.69, 9.17) is 0 Å². The predicted octanol–water partition coefficient (Wildman–Crippen LogP) is 2.08. The molecule has 0 saturated carbocycles. The highest BCUT2D eigenvalue weighted by atomic mass is 16.2. The quantitative estimate of drug-likeness (QED) is 0.771. The second-order valence-electron chi connectivity index (χ2n) is 5.59. The van der Waals surface area contributed by atoms with Crippen molar-refractivity contribution in [3.05, 3.63) is 40.3 Å². The van der Waals surface area contributed by atoms with Crippen molar-refractivity contribution in [1.29, 1.82) is 0 Å². The molecule has 0 aliphatic rings. The number of benzene rings is 1. The third-order valence-corrected chi connectivity index (χ3v) is 3.24. The highest BCUT2D eigenvalue weighted by Gasteiger charge is 2.14. The van der Waals surface area contributed by atoms with Crippen LogP contribution in [0.4, 0.5) is 0 Å². The van der Waals surface area contributed by atoms with Gasteiger partial charge in [-0.25, -0.2) is 9.48 Å². The lowest BCUT2D eigenvalue weighted by Gasteiger charge is -2.19. The molecule has 0 radical (unpaired) electrons. The molecule has 0 amide bonds. The molecule has 0 spiro atoms. The highest BCUT2D eigenvalue weighted by molar-refractivity contribution is 5.55. The van der Waals surface area contributed by atoms with Gasteiger partial charge in [0.25, 0.3) is 0 Å². The summed E-state index contributed by atoms with van der Waals surface area (Å²) in [6, 6.07) is 8.22. The number of hydrogen-bond donors (Lipinski definition) is 0. The number of nitrogens with zero attached hydrogens (tertiary/aromatic N) is 3. The van der Waals surface area contributed by atoms with Crippen LogP contribution in [0.15, 0.2) is 29.1 Å². The average molecular weight is 245 g/mol. The Morgan fingerprint density at radius 1 is 1.00 bits per heavy atom. The van der Waals surface area contributed by atoms with E-state index < -0.39 is 0 Å². The lowest BCUT2D eigenvalue weighted by atomic mass is 9.87. The largest absolute Gasteiger partial charge is 0.364 e. The molecule has 0 saturated heterocycles. The van der Waals surface area contributed by atoms with Crippen molar-refractivity contribution >= 4 is 0 Å². The van der Waals surface area contributed by atoms with Crippen LogP contribution in [-0.4, -0.2) is 14.3 Å². The van der Waals surface area contributed by atoms with Crippen LogP contribution in [0.3, 0.4) is 0 Å². The van der Waals surface area contributed by atoms with E-state index in [-0.39, 0.29) is 11.1 Å². The Morgan fingerprint density at radius 2 is 1.56 bits per heavy atom. The molecule has 0 aliphatic heterocycles. The normalized spacial score (nSPS) is 11.8. The third kappa shape index (κ3) is 2.10. The van der Waals surface area contributed by atoms with Gasteiger partial charge in [-0.05, 0) is 11.0 Å². The zero-order chi connectivity index (χ0) is 13.5. The summed E-state index contributed by atoms with van der Waals surface area (Å²) in [5.41, 5.74) is 2.14. The van der Waals surface area contributed by atoms with E-state index >= 15 is 0 Å². The molecule has 1 aromatic carbocycles. The first kappa shape index (κ1) is 12.6. The van der Waals surface area contributed by atoms with Crippen LogP contribution in [0.25, 0.3) is 11.4 Å². The third-order valence-electron chi connectivity index (χ3n) is 3.24. The van der Waals surface area contributed by atoms with Gasteiger partial charge in [-0.3, -0.25) is 4.68 Å². The fourth-order valence-corrected chi connectivity index (χ4v) is 1.88. The second kappa shape index (κ2) is 4.12. The number of rotatable bonds is 1. The molecule has 2 aromatic rings. The summed E-state index contributed by atoms with van der Waals surface area (Å²) in [6.07, 6.45) is 0. The van der Waals surface area contributed by atoms with Gasteiger partial charge >= 0.3 is 5.69 Å². The number of hydrogen-bond acceptors (Lipinski definition) is 2. The van der Waals surface area contributed by atoms with Crippen LogP contribution in [-0.2, 0) is 19.5 Å². The molecule has 0 fully saturated rings. The van der Waals surface area contributed by atoms with E-state index in [9.17, 15) is 4.79 Å². The minimum Gasteiger partial charge on any atom is -0.267 e.